The molecule has 1 heterocycles. The maximum absolute atomic E-state index is 11.3. The van der Waals surface area contributed by atoms with Crippen molar-refractivity contribution in [3.63, 3.8) is 0 Å². The van der Waals surface area contributed by atoms with E-state index in [4.69, 9.17) is 0 Å². The number of carbonyl (C=O) groups is 1. The van der Waals surface area contributed by atoms with Gasteiger partial charge in [-0.25, -0.2) is 0 Å². The van der Waals surface area contributed by atoms with Gasteiger partial charge in [0.05, 0.1) is 11.4 Å². The van der Waals surface area contributed by atoms with Crippen molar-refractivity contribution in [3.8, 4) is 0 Å². The Morgan fingerprint density at radius 3 is 3.06 bits per heavy atom. The lowest BCUT2D eigenvalue weighted by Crippen LogP contribution is -2.21. The highest BCUT2D eigenvalue weighted by Gasteiger charge is 2.15. The number of thioether (sulfide) groups is 1. The minimum atomic E-state index is 0.0768. The highest BCUT2D eigenvalue weighted by Crippen LogP contribution is 2.33. The zero-order valence-corrected chi connectivity index (χ0v) is 10.9. The molecule has 1 aliphatic rings. The van der Waals surface area contributed by atoms with Crippen LogP contribution in [0.4, 0.5) is 11.4 Å². The second-order valence-electron chi connectivity index (χ2n) is 4.28. The number of hydrogen-bond donors (Lipinski definition) is 2. The maximum atomic E-state index is 11.3. The van der Waals surface area contributed by atoms with Crippen LogP contribution in [0.25, 0.3) is 0 Å². The molecule has 2 N–H and O–H groups in total. The average molecular weight is 251 g/mol. The third-order valence-corrected chi connectivity index (χ3v) is 3.57. The van der Waals surface area contributed by atoms with Gasteiger partial charge in [0.15, 0.2) is 0 Å². The molecular formula is C12H17N3OS. The van der Waals surface area contributed by atoms with Crippen molar-refractivity contribution in [1.82, 2.24) is 4.90 Å². The molecule has 4 nitrogen and oxygen atoms in total. The molecular weight excluding hydrogens is 234 g/mol. The topological polar surface area (TPSA) is 44.4 Å². The summed E-state index contributed by atoms with van der Waals surface area (Å²) in [6.07, 6.45) is 0. The van der Waals surface area contributed by atoms with E-state index in [9.17, 15) is 4.79 Å². The lowest BCUT2D eigenvalue weighted by atomic mass is 10.2. The largest absolute Gasteiger partial charge is 0.384 e. The molecule has 0 saturated carbocycles. The van der Waals surface area contributed by atoms with Crippen LogP contribution in [0.5, 0.6) is 0 Å². The summed E-state index contributed by atoms with van der Waals surface area (Å²) in [5, 5.41) is 6.23. The number of hydrogen-bond acceptors (Lipinski definition) is 4. The smallest absolute Gasteiger partial charge is 0.234 e. The minimum absolute atomic E-state index is 0.0768. The zero-order valence-electron chi connectivity index (χ0n) is 10.1. The molecule has 0 bridgehead atoms. The summed E-state index contributed by atoms with van der Waals surface area (Å²) in [6, 6.07) is 6.10. The summed E-state index contributed by atoms with van der Waals surface area (Å²) >= 11 is 1.59. The van der Waals surface area contributed by atoms with Crippen LogP contribution in [0.1, 0.15) is 0 Å². The van der Waals surface area contributed by atoms with Gasteiger partial charge in [0.1, 0.15) is 0 Å². The van der Waals surface area contributed by atoms with Gasteiger partial charge in [-0.1, -0.05) is 0 Å². The van der Waals surface area contributed by atoms with Gasteiger partial charge in [-0.05, 0) is 32.3 Å². The fourth-order valence-corrected chi connectivity index (χ4v) is 2.41. The van der Waals surface area contributed by atoms with Crippen LogP contribution in [-0.4, -0.2) is 43.7 Å². The highest BCUT2D eigenvalue weighted by molar-refractivity contribution is 8.00. The van der Waals surface area contributed by atoms with Crippen molar-refractivity contribution in [1.29, 1.82) is 0 Å². The molecule has 0 fully saturated rings. The number of nitrogens with zero attached hydrogens (tertiary/aromatic N) is 1. The van der Waals surface area contributed by atoms with E-state index in [1.807, 2.05) is 20.2 Å². The third kappa shape index (κ3) is 3.38. The van der Waals surface area contributed by atoms with Crippen LogP contribution in [0, 0.1) is 0 Å². The minimum Gasteiger partial charge on any atom is -0.384 e. The molecule has 92 valence electrons. The van der Waals surface area contributed by atoms with E-state index in [1.165, 1.54) is 0 Å². The van der Waals surface area contributed by atoms with E-state index in [1.54, 1.807) is 11.8 Å². The summed E-state index contributed by atoms with van der Waals surface area (Å²) in [6.45, 7) is 1.88. The van der Waals surface area contributed by atoms with Crippen molar-refractivity contribution in [2.75, 3.05) is 43.6 Å². The quantitative estimate of drug-likeness (QED) is 0.855. The number of likely N-dealkylation sites (N-methyl/N-ethyl adjacent to an activating group) is 1. The fraction of sp³-hybridized carbons (Fsp3) is 0.417. The average Bonchev–Trinajstić information content (AvgIpc) is 2.28. The number of benzene rings is 1. The van der Waals surface area contributed by atoms with Crippen LogP contribution in [0.2, 0.25) is 0 Å². The summed E-state index contributed by atoms with van der Waals surface area (Å²) < 4.78 is 0. The molecule has 0 aliphatic carbocycles. The zero-order chi connectivity index (χ0) is 12.3. The molecule has 0 atom stereocenters. The van der Waals surface area contributed by atoms with Gasteiger partial charge in [0, 0.05) is 23.7 Å². The molecule has 0 saturated heterocycles. The van der Waals surface area contributed by atoms with Gasteiger partial charge in [-0.2, -0.15) is 0 Å². The Hall–Kier alpha value is -1.20. The summed E-state index contributed by atoms with van der Waals surface area (Å²) in [5.74, 6) is 0.591. The number of fused-ring (bicyclic) bond motifs is 1. The van der Waals surface area contributed by atoms with Gasteiger partial charge in [-0.15, -0.1) is 11.8 Å². The number of anilines is 2. The van der Waals surface area contributed by atoms with Crippen LogP contribution < -0.4 is 10.6 Å². The van der Waals surface area contributed by atoms with E-state index in [0.29, 0.717) is 5.75 Å². The highest BCUT2D eigenvalue weighted by atomic mass is 32.2. The summed E-state index contributed by atoms with van der Waals surface area (Å²) in [5.41, 5.74) is 1.97. The first kappa shape index (κ1) is 12.3. The van der Waals surface area contributed by atoms with E-state index < -0.39 is 0 Å². The van der Waals surface area contributed by atoms with Crippen LogP contribution in [-0.2, 0) is 4.79 Å². The molecule has 0 radical (unpaired) electrons. The first-order valence-corrected chi connectivity index (χ1v) is 6.59. The van der Waals surface area contributed by atoms with Gasteiger partial charge < -0.3 is 15.5 Å². The Balaban J connectivity index is 2.00. The van der Waals surface area contributed by atoms with Gasteiger partial charge in [0.25, 0.3) is 0 Å². The van der Waals surface area contributed by atoms with E-state index >= 15 is 0 Å². The molecule has 1 aromatic carbocycles. The SMILES string of the molecule is CN(C)CCNc1ccc2c(c1)NC(=O)CS2. The molecule has 0 spiro atoms. The lowest BCUT2D eigenvalue weighted by Gasteiger charge is -2.18. The number of amides is 1. The van der Waals surface area contributed by atoms with Gasteiger partial charge in [0.2, 0.25) is 5.91 Å². The Morgan fingerprint density at radius 1 is 1.47 bits per heavy atom. The molecule has 1 aromatic rings. The third-order valence-electron chi connectivity index (χ3n) is 2.50. The molecule has 2 rings (SSSR count). The second-order valence-corrected chi connectivity index (χ2v) is 5.30. The normalized spacial score (nSPS) is 14.4. The lowest BCUT2D eigenvalue weighted by molar-refractivity contribution is -0.113. The predicted molar refractivity (Wildman–Crippen MR) is 72.8 cm³/mol. The first-order chi connectivity index (χ1) is 8.15. The standard InChI is InChI=1S/C12H17N3OS/c1-15(2)6-5-13-9-3-4-11-10(7-9)14-12(16)8-17-11/h3-4,7,13H,5-6,8H2,1-2H3,(H,14,16). The fourth-order valence-electron chi connectivity index (χ4n) is 1.62. The van der Waals surface area contributed by atoms with E-state index in [0.717, 1.165) is 29.4 Å². The number of nitrogens with one attached hydrogen (secondary N) is 2. The predicted octanol–water partition coefficient (Wildman–Crippen LogP) is 1.70. The molecule has 5 heteroatoms. The van der Waals surface area contributed by atoms with Crippen molar-refractivity contribution < 1.29 is 4.79 Å². The van der Waals surface area contributed by atoms with Crippen LogP contribution in [0.15, 0.2) is 23.1 Å². The van der Waals surface area contributed by atoms with Gasteiger partial charge >= 0.3 is 0 Å². The van der Waals surface area contributed by atoms with Crippen LogP contribution in [0.3, 0.4) is 0 Å². The molecule has 1 aliphatic heterocycles. The Morgan fingerprint density at radius 2 is 2.29 bits per heavy atom. The molecule has 1 amide bonds. The van der Waals surface area contributed by atoms with E-state index in [2.05, 4.69) is 27.7 Å². The summed E-state index contributed by atoms with van der Waals surface area (Å²) in [4.78, 5) is 14.6. The second kappa shape index (κ2) is 5.42. The van der Waals surface area contributed by atoms with E-state index in [-0.39, 0.29) is 5.91 Å². The van der Waals surface area contributed by atoms with Crippen molar-refractivity contribution in [3.05, 3.63) is 18.2 Å². The number of carbonyl (C=O) groups excluding carboxylic acids is 1. The van der Waals surface area contributed by atoms with Gasteiger partial charge in [-0.3, -0.25) is 4.79 Å². The Bertz CT molecular complexity index is 420. The monoisotopic (exact) mass is 251 g/mol. The molecule has 17 heavy (non-hydrogen) atoms. The number of rotatable bonds is 4. The Kier molecular flexibility index (Phi) is 3.91. The van der Waals surface area contributed by atoms with Crippen LogP contribution >= 0.6 is 11.8 Å². The van der Waals surface area contributed by atoms with Crippen molar-refractivity contribution in [2.45, 2.75) is 4.90 Å². The maximum Gasteiger partial charge on any atom is 0.234 e. The Labute approximate surface area is 106 Å². The van der Waals surface area contributed by atoms with Crippen molar-refractivity contribution in [2.24, 2.45) is 0 Å². The first-order valence-electron chi connectivity index (χ1n) is 5.60. The molecule has 0 aromatic heterocycles. The molecule has 0 unspecified atom stereocenters. The van der Waals surface area contributed by atoms with Crippen molar-refractivity contribution >= 4 is 29.0 Å². The summed E-state index contributed by atoms with van der Waals surface area (Å²) in [7, 11) is 4.09.